The zero-order valence-electron chi connectivity index (χ0n) is 9.96. The van der Waals surface area contributed by atoms with E-state index >= 15 is 0 Å². The van der Waals surface area contributed by atoms with Crippen molar-refractivity contribution in [1.29, 1.82) is 0 Å². The van der Waals surface area contributed by atoms with Crippen molar-refractivity contribution in [3.05, 3.63) is 0 Å². The van der Waals surface area contributed by atoms with Crippen molar-refractivity contribution in [1.82, 2.24) is 10.6 Å². The standard InChI is InChI=1S/C12H22N2O2/c1-9-4-6-12(8-15,7-5-9)14-11(16)13-10-2-3-10/h9-10,15H,2-8H2,1H3,(H2,13,14,16). The zero-order valence-corrected chi connectivity index (χ0v) is 9.96. The average molecular weight is 226 g/mol. The van der Waals surface area contributed by atoms with Crippen LogP contribution in [0.3, 0.4) is 0 Å². The highest BCUT2D eigenvalue weighted by Gasteiger charge is 2.36. The lowest BCUT2D eigenvalue weighted by atomic mass is 9.77. The number of aliphatic hydroxyl groups is 1. The van der Waals surface area contributed by atoms with E-state index in [2.05, 4.69) is 17.6 Å². The molecule has 0 radical (unpaired) electrons. The van der Waals surface area contributed by atoms with Crippen molar-refractivity contribution in [2.45, 2.75) is 57.0 Å². The smallest absolute Gasteiger partial charge is 0.315 e. The molecule has 16 heavy (non-hydrogen) atoms. The summed E-state index contributed by atoms with van der Waals surface area (Å²) < 4.78 is 0. The molecule has 0 aromatic rings. The molecule has 0 spiro atoms. The van der Waals surface area contributed by atoms with E-state index in [1.54, 1.807) is 0 Å². The molecule has 2 saturated carbocycles. The van der Waals surface area contributed by atoms with E-state index in [1.165, 1.54) is 0 Å². The van der Waals surface area contributed by atoms with Crippen LogP contribution < -0.4 is 10.6 Å². The van der Waals surface area contributed by atoms with Gasteiger partial charge in [-0.25, -0.2) is 4.79 Å². The van der Waals surface area contributed by atoms with Crippen molar-refractivity contribution in [2.75, 3.05) is 6.61 Å². The van der Waals surface area contributed by atoms with E-state index in [4.69, 9.17) is 0 Å². The number of hydrogen-bond acceptors (Lipinski definition) is 2. The van der Waals surface area contributed by atoms with E-state index in [-0.39, 0.29) is 18.2 Å². The Bertz CT molecular complexity index is 256. The molecule has 0 saturated heterocycles. The Balaban J connectivity index is 1.85. The van der Waals surface area contributed by atoms with Gasteiger partial charge in [-0.1, -0.05) is 6.92 Å². The van der Waals surface area contributed by atoms with Gasteiger partial charge in [-0.3, -0.25) is 0 Å². The molecule has 2 amide bonds. The molecule has 3 N–H and O–H groups in total. The number of urea groups is 1. The molecular formula is C12H22N2O2. The molecule has 0 bridgehead atoms. The first-order valence-electron chi connectivity index (χ1n) is 6.33. The lowest BCUT2D eigenvalue weighted by Crippen LogP contribution is -2.56. The highest BCUT2D eigenvalue weighted by atomic mass is 16.3. The summed E-state index contributed by atoms with van der Waals surface area (Å²) in [5.74, 6) is 0.716. The quantitative estimate of drug-likeness (QED) is 0.681. The Hall–Kier alpha value is -0.770. The molecule has 0 atom stereocenters. The monoisotopic (exact) mass is 226 g/mol. The van der Waals surface area contributed by atoms with Crippen LogP contribution in [-0.4, -0.2) is 29.3 Å². The van der Waals surface area contributed by atoms with E-state index < -0.39 is 0 Å². The molecule has 92 valence electrons. The fraction of sp³-hybridized carbons (Fsp3) is 0.917. The molecule has 4 heteroatoms. The van der Waals surface area contributed by atoms with Gasteiger partial charge in [0.25, 0.3) is 0 Å². The maximum absolute atomic E-state index is 11.7. The Morgan fingerprint density at radius 2 is 1.94 bits per heavy atom. The number of aliphatic hydroxyl groups excluding tert-OH is 1. The maximum atomic E-state index is 11.7. The van der Waals surface area contributed by atoms with Crippen LogP contribution in [0.4, 0.5) is 4.79 Å². The van der Waals surface area contributed by atoms with Crippen LogP contribution in [0.2, 0.25) is 0 Å². The molecule has 4 nitrogen and oxygen atoms in total. The predicted molar refractivity (Wildman–Crippen MR) is 62.1 cm³/mol. The number of hydrogen-bond donors (Lipinski definition) is 3. The van der Waals surface area contributed by atoms with Crippen molar-refractivity contribution in [2.24, 2.45) is 5.92 Å². The van der Waals surface area contributed by atoms with E-state index in [0.29, 0.717) is 12.0 Å². The third kappa shape index (κ3) is 2.88. The van der Waals surface area contributed by atoms with Gasteiger partial charge in [0, 0.05) is 6.04 Å². The first-order valence-corrected chi connectivity index (χ1v) is 6.33. The third-order valence-electron chi connectivity index (χ3n) is 3.83. The fourth-order valence-electron chi connectivity index (χ4n) is 2.33. The summed E-state index contributed by atoms with van der Waals surface area (Å²) in [5.41, 5.74) is -0.370. The molecule has 2 aliphatic carbocycles. The molecule has 0 aromatic heterocycles. The van der Waals surface area contributed by atoms with E-state index in [9.17, 15) is 9.90 Å². The van der Waals surface area contributed by atoms with Crippen LogP contribution in [-0.2, 0) is 0 Å². The first-order chi connectivity index (χ1) is 7.63. The van der Waals surface area contributed by atoms with E-state index in [1.807, 2.05) is 0 Å². The van der Waals surface area contributed by atoms with Gasteiger partial charge in [-0.05, 0) is 44.4 Å². The normalized spacial score (nSPS) is 34.5. The van der Waals surface area contributed by atoms with Crippen molar-refractivity contribution < 1.29 is 9.90 Å². The third-order valence-corrected chi connectivity index (χ3v) is 3.83. The minimum absolute atomic E-state index is 0.0534. The number of carbonyl (C=O) groups is 1. The Kier molecular flexibility index (Phi) is 3.38. The Morgan fingerprint density at radius 1 is 1.31 bits per heavy atom. The van der Waals surface area contributed by atoms with Gasteiger partial charge in [0.2, 0.25) is 0 Å². The van der Waals surface area contributed by atoms with E-state index in [0.717, 1.165) is 38.5 Å². The largest absolute Gasteiger partial charge is 0.394 e. The van der Waals surface area contributed by atoms with Crippen LogP contribution in [0.5, 0.6) is 0 Å². The van der Waals surface area contributed by atoms with Gasteiger partial charge in [0.05, 0.1) is 12.1 Å². The fourth-order valence-corrected chi connectivity index (χ4v) is 2.33. The van der Waals surface area contributed by atoms with Gasteiger partial charge in [0.1, 0.15) is 0 Å². The summed E-state index contributed by atoms with van der Waals surface area (Å²) >= 11 is 0. The number of nitrogens with one attached hydrogen (secondary N) is 2. The van der Waals surface area contributed by atoms with Crippen molar-refractivity contribution in [3.63, 3.8) is 0 Å². The van der Waals surface area contributed by atoms with Crippen LogP contribution in [0.25, 0.3) is 0 Å². The second kappa shape index (κ2) is 4.62. The zero-order chi connectivity index (χ0) is 11.6. The Morgan fingerprint density at radius 3 is 2.44 bits per heavy atom. The van der Waals surface area contributed by atoms with Gasteiger partial charge in [-0.15, -0.1) is 0 Å². The number of carbonyl (C=O) groups excluding carboxylic acids is 1. The molecule has 2 fully saturated rings. The summed E-state index contributed by atoms with van der Waals surface area (Å²) in [5, 5.41) is 15.4. The van der Waals surface area contributed by atoms with Gasteiger partial charge in [0.15, 0.2) is 0 Å². The number of amides is 2. The predicted octanol–water partition coefficient (Wildman–Crippen LogP) is 1.39. The first kappa shape index (κ1) is 11.7. The maximum Gasteiger partial charge on any atom is 0.315 e. The highest BCUT2D eigenvalue weighted by Crippen LogP contribution is 2.31. The van der Waals surface area contributed by atoms with Crippen LogP contribution in [0.1, 0.15) is 45.4 Å². The molecule has 2 rings (SSSR count). The Labute approximate surface area is 96.8 Å². The molecule has 0 aliphatic heterocycles. The second-order valence-corrected chi connectivity index (χ2v) is 5.49. The molecule has 2 aliphatic rings. The number of rotatable bonds is 3. The summed E-state index contributed by atoms with van der Waals surface area (Å²) in [6.07, 6.45) is 6.15. The molecule has 0 aromatic carbocycles. The van der Waals surface area contributed by atoms with Crippen LogP contribution in [0, 0.1) is 5.92 Å². The molecule has 0 heterocycles. The minimum atomic E-state index is -0.370. The minimum Gasteiger partial charge on any atom is -0.394 e. The van der Waals surface area contributed by atoms with Crippen LogP contribution >= 0.6 is 0 Å². The van der Waals surface area contributed by atoms with Crippen molar-refractivity contribution in [3.8, 4) is 0 Å². The summed E-state index contributed by atoms with van der Waals surface area (Å²) in [6.45, 7) is 2.28. The lowest BCUT2D eigenvalue weighted by molar-refractivity contribution is 0.111. The van der Waals surface area contributed by atoms with Crippen LogP contribution in [0.15, 0.2) is 0 Å². The SMILES string of the molecule is CC1CCC(CO)(NC(=O)NC2CC2)CC1. The second-order valence-electron chi connectivity index (χ2n) is 5.49. The summed E-state index contributed by atoms with van der Waals surface area (Å²) in [4.78, 5) is 11.7. The summed E-state index contributed by atoms with van der Waals surface area (Å²) in [6, 6.07) is 0.268. The highest BCUT2D eigenvalue weighted by molar-refractivity contribution is 5.75. The summed E-state index contributed by atoms with van der Waals surface area (Å²) in [7, 11) is 0. The molecule has 0 unspecified atom stereocenters. The topological polar surface area (TPSA) is 61.4 Å². The molecular weight excluding hydrogens is 204 g/mol. The van der Waals surface area contributed by atoms with Crippen molar-refractivity contribution >= 4 is 6.03 Å². The average Bonchev–Trinajstić information content (AvgIpc) is 3.06. The van der Waals surface area contributed by atoms with Gasteiger partial charge in [-0.2, -0.15) is 0 Å². The van der Waals surface area contributed by atoms with Gasteiger partial charge >= 0.3 is 6.03 Å². The van der Waals surface area contributed by atoms with Gasteiger partial charge < -0.3 is 15.7 Å². The lowest BCUT2D eigenvalue weighted by Gasteiger charge is -2.38.